The lowest BCUT2D eigenvalue weighted by atomic mass is 9.65. The molecule has 0 atom stereocenters. The van der Waals surface area contributed by atoms with Crippen LogP contribution in [-0.4, -0.2) is 18.2 Å². The molecule has 3 aliphatic rings. The molecule has 4 heteroatoms. The van der Waals surface area contributed by atoms with Gasteiger partial charge in [0.25, 0.3) is 0 Å². The molecular weight excluding hydrogens is 388 g/mol. The Labute approximate surface area is 185 Å². The molecule has 4 nitrogen and oxygen atoms in total. The summed E-state index contributed by atoms with van der Waals surface area (Å²) in [6.07, 6.45) is 4.35. The van der Waals surface area contributed by atoms with Crippen molar-refractivity contribution in [1.29, 1.82) is 0 Å². The zero-order valence-electron chi connectivity index (χ0n) is 19.5. The Morgan fingerprint density at radius 3 is 2.00 bits per heavy atom. The van der Waals surface area contributed by atoms with Gasteiger partial charge in [-0.15, -0.1) is 0 Å². The molecule has 0 radical (unpaired) electrons. The van der Waals surface area contributed by atoms with Crippen molar-refractivity contribution in [3.05, 3.63) is 52.5 Å². The van der Waals surface area contributed by atoms with Crippen LogP contribution in [0.3, 0.4) is 0 Å². The summed E-state index contributed by atoms with van der Waals surface area (Å²) in [5.74, 6) is 2.03. The van der Waals surface area contributed by atoms with Gasteiger partial charge in [0.05, 0.1) is 12.5 Å². The van der Waals surface area contributed by atoms with Crippen molar-refractivity contribution in [2.45, 2.75) is 79.1 Å². The number of carbonyl (C=O) groups is 2. The van der Waals surface area contributed by atoms with E-state index in [0.29, 0.717) is 43.4 Å². The number of Topliss-reactive ketones (excluding diaryl/α,β-unsaturated/α-hetero) is 2. The van der Waals surface area contributed by atoms with Crippen molar-refractivity contribution in [1.82, 2.24) is 0 Å². The zero-order chi connectivity index (χ0) is 22.4. The van der Waals surface area contributed by atoms with Crippen LogP contribution in [-0.2, 0) is 14.3 Å². The summed E-state index contributed by atoms with van der Waals surface area (Å²) in [6, 6.07) is 7.88. The fraction of sp³-hybridized carbons (Fsp3) is 0.556. The monoisotopic (exact) mass is 422 g/mol. The summed E-state index contributed by atoms with van der Waals surface area (Å²) in [5.41, 5.74) is 1.94. The summed E-state index contributed by atoms with van der Waals surface area (Å²) >= 11 is 0. The molecule has 0 unspecified atom stereocenters. The van der Waals surface area contributed by atoms with Gasteiger partial charge in [0.15, 0.2) is 11.6 Å². The molecule has 0 spiro atoms. The lowest BCUT2D eigenvalue weighted by Crippen LogP contribution is -2.37. The number of ether oxygens (including phenoxy) is 2. The predicted molar refractivity (Wildman–Crippen MR) is 121 cm³/mol. The van der Waals surface area contributed by atoms with Gasteiger partial charge in [-0.05, 0) is 23.3 Å². The van der Waals surface area contributed by atoms with E-state index in [1.807, 2.05) is 24.3 Å². The van der Waals surface area contributed by atoms with E-state index >= 15 is 0 Å². The number of hydrogen-bond donors (Lipinski definition) is 0. The average Bonchev–Trinajstić information content (AvgIpc) is 2.65. The van der Waals surface area contributed by atoms with Crippen molar-refractivity contribution in [2.24, 2.45) is 10.8 Å². The van der Waals surface area contributed by atoms with Crippen molar-refractivity contribution < 1.29 is 19.1 Å². The first-order chi connectivity index (χ1) is 14.6. The van der Waals surface area contributed by atoms with Crippen LogP contribution >= 0.6 is 0 Å². The Bertz CT molecular complexity index is 925. The van der Waals surface area contributed by atoms with Gasteiger partial charge < -0.3 is 9.47 Å². The molecule has 2 aliphatic carbocycles. The Balaban J connectivity index is 1.87. The third-order valence-electron chi connectivity index (χ3n) is 6.57. The lowest BCUT2D eigenvalue weighted by Gasteiger charge is -2.43. The third-order valence-corrected chi connectivity index (χ3v) is 6.57. The second-order valence-corrected chi connectivity index (χ2v) is 10.8. The molecule has 0 N–H and O–H groups in total. The molecule has 0 aromatic heterocycles. The quantitative estimate of drug-likeness (QED) is 0.525. The Morgan fingerprint density at radius 1 is 0.903 bits per heavy atom. The maximum Gasteiger partial charge on any atom is 0.163 e. The van der Waals surface area contributed by atoms with Crippen molar-refractivity contribution in [3.8, 4) is 5.75 Å². The first-order valence-corrected chi connectivity index (χ1v) is 11.5. The topological polar surface area (TPSA) is 52.6 Å². The minimum Gasteiger partial charge on any atom is -0.493 e. The molecule has 166 valence electrons. The van der Waals surface area contributed by atoms with Crippen LogP contribution < -0.4 is 4.74 Å². The van der Waals surface area contributed by atoms with Gasteiger partial charge in [-0.3, -0.25) is 9.59 Å². The number of hydrogen-bond acceptors (Lipinski definition) is 4. The van der Waals surface area contributed by atoms with Gasteiger partial charge >= 0.3 is 0 Å². The van der Waals surface area contributed by atoms with Crippen LogP contribution in [0.2, 0.25) is 0 Å². The number of ketones is 2. The molecule has 0 amide bonds. The SMILES string of the molecule is CCCCOc1ccccc1C1C2=C(CC(C)(C)CC2=O)OC2=C1C(=O)CC(C)(C)C2. The van der Waals surface area contributed by atoms with Crippen LogP contribution in [0.1, 0.15) is 84.6 Å². The Kier molecular flexibility index (Phi) is 5.61. The normalized spacial score (nSPS) is 22.7. The standard InChI is InChI=1S/C27H34O4/c1-6-7-12-30-20-11-9-8-10-17(20)23-24-18(28)13-26(2,3)15-21(24)31-22-16-27(4,5)14-19(29)25(22)23/h8-11,23H,6-7,12-16H2,1-5H3. The number of unbranched alkanes of at least 4 members (excludes halogenated alkanes) is 1. The Morgan fingerprint density at radius 2 is 1.45 bits per heavy atom. The third kappa shape index (κ3) is 4.22. The van der Waals surface area contributed by atoms with Gasteiger partial charge in [0.1, 0.15) is 17.3 Å². The molecule has 0 bridgehead atoms. The van der Waals surface area contributed by atoms with Gasteiger partial charge in [-0.1, -0.05) is 59.2 Å². The van der Waals surface area contributed by atoms with Crippen LogP contribution in [0.15, 0.2) is 46.9 Å². The summed E-state index contributed by atoms with van der Waals surface area (Å²) < 4.78 is 12.5. The van der Waals surface area contributed by atoms with Gasteiger partial charge in [0, 0.05) is 42.4 Å². The van der Waals surface area contributed by atoms with E-state index in [1.165, 1.54) is 0 Å². The highest BCUT2D eigenvalue weighted by molar-refractivity contribution is 6.06. The molecule has 0 saturated carbocycles. The largest absolute Gasteiger partial charge is 0.493 e. The van der Waals surface area contributed by atoms with E-state index in [0.717, 1.165) is 35.7 Å². The van der Waals surface area contributed by atoms with Gasteiger partial charge in [-0.25, -0.2) is 0 Å². The second kappa shape index (κ2) is 7.96. The zero-order valence-corrected chi connectivity index (χ0v) is 19.5. The number of carbonyl (C=O) groups excluding carboxylic acids is 2. The molecule has 1 aromatic rings. The van der Waals surface area contributed by atoms with Gasteiger partial charge in [0.2, 0.25) is 0 Å². The molecule has 1 heterocycles. The highest BCUT2D eigenvalue weighted by atomic mass is 16.5. The van der Waals surface area contributed by atoms with Crippen LogP contribution in [0, 0.1) is 10.8 Å². The van der Waals surface area contributed by atoms with Crippen molar-refractivity contribution in [2.75, 3.05) is 6.61 Å². The summed E-state index contributed by atoms with van der Waals surface area (Å²) in [7, 11) is 0. The minimum atomic E-state index is -0.399. The Hall–Kier alpha value is -2.36. The minimum absolute atomic E-state index is 0.0868. The molecule has 1 aliphatic heterocycles. The average molecular weight is 423 g/mol. The number of para-hydroxylation sites is 1. The van der Waals surface area contributed by atoms with E-state index < -0.39 is 5.92 Å². The van der Waals surface area contributed by atoms with E-state index in [-0.39, 0.29) is 22.4 Å². The van der Waals surface area contributed by atoms with E-state index in [2.05, 4.69) is 34.6 Å². The first-order valence-electron chi connectivity index (χ1n) is 11.5. The predicted octanol–water partition coefficient (Wildman–Crippen LogP) is 6.27. The number of allylic oxidation sites excluding steroid dienone is 4. The molecular formula is C27H34O4. The number of benzene rings is 1. The van der Waals surface area contributed by atoms with E-state index in [1.54, 1.807) is 0 Å². The maximum absolute atomic E-state index is 13.4. The summed E-state index contributed by atoms with van der Waals surface area (Å²) in [4.78, 5) is 26.8. The van der Waals surface area contributed by atoms with Gasteiger partial charge in [-0.2, -0.15) is 0 Å². The number of rotatable bonds is 5. The smallest absolute Gasteiger partial charge is 0.163 e. The highest BCUT2D eigenvalue weighted by Crippen LogP contribution is 2.54. The van der Waals surface area contributed by atoms with Crippen molar-refractivity contribution in [3.63, 3.8) is 0 Å². The van der Waals surface area contributed by atoms with Crippen LogP contribution in [0.25, 0.3) is 0 Å². The fourth-order valence-corrected chi connectivity index (χ4v) is 5.16. The summed E-state index contributed by atoms with van der Waals surface area (Å²) in [6.45, 7) is 11.2. The van der Waals surface area contributed by atoms with E-state index in [4.69, 9.17) is 9.47 Å². The molecule has 4 rings (SSSR count). The molecule has 0 saturated heterocycles. The van der Waals surface area contributed by atoms with E-state index in [9.17, 15) is 9.59 Å². The lowest BCUT2D eigenvalue weighted by molar-refractivity contribution is -0.120. The molecule has 1 aromatic carbocycles. The summed E-state index contributed by atoms with van der Waals surface area (Å²) in [5, 5.41) is 0. The molecule has 31 heavy (non-hydrogen) atoms. The molecule has 0 fully saturated rings. The first kappa shape index (κ1) is 21.9. The second-order valence-electron chi connectivity index (χ2n) is 10.8. The van der Waals surface area contributed by atoms with Crippen LogP contribution in [0.5, 0.6) is 5.75 Å². The highest BCUT2D eigenvalue weighted by Gasteiger charge is 2.48. The van der Waals surface area contributed by atoms with Crippen LogP contribution in [0.4, 0.5) is 0 Å². The van der Waals surface area contributed by atoms with Crippen molar-refractivity contribution >= 4 is 11.6 Å². The maximum atomic E-state index is 13.4. The fourth-order valence-electron chi connectivity index (χ4n) is 5.16.